The highest BCUT2D eigenvalue weighted by atomic mass is 16.6. The first kappa shape index (κ1) is 31.0. The van der Waals surface area contributed by atoms with Crippen molar-refractivity contribution in [3.8, 4) is 0 Å². The number of ether oxygens (including phenoxy) is 2. The second kappa shape index (κ2) is 14.2. The number of aromatic nitrogens is 1. The van der Waals surface area contributed by atoms with Crippen LogP contribution in [0.25, 0.3) is 0 Å². The second-order valence-corrected chi connectivity index (χ2v) is 9.08. The maximum absolute atomic E-state index is 13.0. The van der Waals surface area contributed by atoms with E-state index in [1.54, 1.807) is 31.3 Å². The van der Waals surface area contributed by atoms with Crippen LogP contribution in [-0.4, -0.2) is 59.4 Å². The van der Waals surface area contributed by atoms with Crippen LogP contribution in [0.3, 0.4) is 0 Å². The maximum atomic E-state index is 13.0. The number of rotatable bonds is 12. The van der Waals surface area contributed by atoms with Crippen LogP contribution < -0.4 is 16.0 Å². The first-order valence-electron chi connectivity index (χ1n) is 12.6. The molecular formula is C28H29N5O9. The molecule has 0 aliphatic carbocycles. The molecule has 0 saturated heterocycles. The molecule has 42 heavy (non-hydrogen) atoms. The van der Waals surface area contributed by atoms with Gasteiger partial charge in [0.25, 0.3) is 17.5 Å². The van der Waals surface area contributed by atoms with E-state index in [0.717, 1.165) is 6.07 Å². The molecule has 1 atom stereocenters. The van der Waals surface area contributed by atoms with Crippen LogP contribution in [-0.2, 0) is 37.3 Å². The standard InChI is InChI=1S/C28H29N5O9/c1-32-16-20(30-26(36)18-7-5-9-21(14-18)33(39)40)15-23(32)27(37)29-19-8-4-6-17(12-19)13-24(34)31-22(28(38)42-3)10-11-25(35)41-2/h4-9,12,14-16,22H,10-11,13H2,1-3H3,(H,29,37)(H,30,36)(H,31,34)/t22-/m0/s1. The van der Waals surface area contributed by atoms with E-state index in [0.29, 0.717) is 16.9 Å². The van der Waals surface area contributed by atoms with E-state index in [1.807, 2.05) is 0 Å². The van der Waals surface area contributed by atoms with Crippen LogP contribution in [0.1, 0.15) is 39.3 Å². The summed E-state index contributed by atoms with van der Waals surface area (Å²) in [6.07, 6.45) is 1.32. The SMILES string of the molecule is COC(=O)CC[C@H](NC(=O)Cc1cccc(NC(=O)c2cc(NC(=O)c3cccc([N+](=O)[O-])c3)cn2C)c1)C(=O)OC. The summed E-state index contributed by atoms with van der Waals surface area (Å²) in [6.45, 7) is 0. The Labute approximate surface area is 240 Å². The molecule has 14 heteroatoms. The Balaban J connectivity index is 1.63. The predicted molar refractivity (Wildman–Crippen MR) is 150 cm³/mol. The van der Waals surface area contributed by atoms with E-state index < -0.39 is 40.6 Å². The number of carbonyl (C=O) groups is 5. The van der Waals surface area contributed by atoms with E-state index >= 15 is 0 Å². The highest BCUT2D eigenvalue weighted by Crippen LogP contribution is 2.19. The van der Waals surface area contributed by atoms with Gasteiger partial charge < -0.3 is 30.0 Å². The van der Waals surface area contributed by atoms with Crippen molar-refractivity contribution in [2.75, 3.05) is 24.9 Å². The Kier molecular flexibility index (Phi) is 10.5. The molecule has 220 valence electrons. The topological polar surface area (TPSA) is 188 Å². The molecule has 0 saturated carbocycles. The van der Waals surface area contributed by atoms with Gasteiger partial charge in [-0.2, -0.15) is 0 Å². The fourth-order valence-corrected chi connectivity index (χ4v) is 3.96. The summed E-state index contributed by atoms with van der Waals surface area (Å²) in [7, 11) is 4.00. The van der Waals surface area contributed by atoms with Crippen molar-refractivity contribution in [1.29, 1.82) is 0 Å². The molecule has 1 heterocycles. The number of methoxy groups -OCH3 is 2. The summed E-state index contributed by atoms with van der Waals surface area (Å²) in [6, 6.07) is 12.2. The molecule has 2 aromatic carbocycles. The molecule has 3 rings (SSSR count). The number of amides is 3. The zero-order valence-corrected chi connectivity index (χ0v) is 23.0. The van der Waals surface area contributed by atoms with Crippen LogP contribution in [0.2, 0.25) is 0 Å². The largest absolute Gasteiger partial charge is 0.469 e. The quantitative estimate of drug-likeness (QED) is 0.165. The Bertz CT molecular complexity index is 1510. The number of benzene rings is 2. The number of nitrogens with one attached hydrogen (secondary N) is 3. The lowest BCUT2D eigenvalue weighted by atomic mass is 10.1. The number of esters is 2. The summed E-state index contributed by atoms with van der Waals surface area (Å²) in [5, 5.41) is 18.9. The second-order valence-electron chi connectivity index (χ2n) is 9.08. The number of hydrogen-bond donors (Lipinski definition) is 3. The number of nitro benzene ring substituents is 1. The lowest BCUT2D eigenvalue weighted by Crippen LogP contribution is -2.42. The number of anilines is 2. The van der Waals surface area contributed by atoms with Gasteiger partial charge in [-0.3, -0.25) is 29.3 Å². The zero-order chi connectivity index (χ0) is 30.8. The average Bonchev–Trinajstić information content (AvgIpc) is 3.34. The van der Waals surface area contributed by atoms with E-state index in [4.69, 9.17) is 4.74 Å². The number of aryl methyl sites for hydroxylation is 1. The zero-order valence-electron chi connectivity index (χ0n) is 23.0. The van der Waals surface area contributed by atoms with Gasteiger partial charge in [0.1, 0.15) is 11.7 Å². The molecule has 1 aromatic heterocycles. The highest BCUT2D eigenvalue weighted by Gasteiger charge is 2.23. The molecular weight excluding hydrogens is 550 g/mol. The lowest BCUT2D eigenvalue weighted by Gasteiger charge is -2.16. The minimum atomic E-state index is -1.03. The maximum Gasteiger partial charge on any atom is 0.328 e. The Morgan fingerprint density at radius 1 is 0.929 bits per heavy atom. The first-order valence-corrected chi connectivity index (χ1v) is 12.6. The van der Waals surface area contributed by atoms with Gasteiger partial charge in [0, 0.05) is 43.0 Å². The number of nitro groups is 1. The number of nitrogens with zero attached hydrogens (tertiary/aromatic N) is 2. The van der Waals surface area contributed by atoms with E-state index in [1.165, 1.54) is 49.2 Å². The monoisotopic (exact) mass is 579 g/mol. The predicted octanol–water partition coefficient (Wildman–Crippen LogP) is 2.59. The van der Waals surface area contributed by atoms with Crippen molar-refractivity contribution in [3.63, 3.8) is 0 Å². The Hall–Kier alpha value is -5.53. The van der Waals surface area contributed by atoms with Crippen LogP contribution in [0, 0.1) is 10.1 Å². The van der Waals surface area contributed by atoms with Gasteiger partial charge in [-0.05, 0) is 36.2 Å². The van der Waals surface area contributed by atoms with Gasteiger partial charge in [-0.15, -0.1) is 0 Å². The molecule has 0 unspecified atom stereocenters. The minimum absolute atomic E-state index is 0.00552. The normalized spacial score (nSPS) is 11.1. The van der Waals surface area contributed by atoms with E-state index in [-0.39, 0.29) is 36.2 Å². The molecule has 0 bridgehead atoms. The Morgan fingerprint density at radius 2 is 1.64 bits per heavy atom. The molecule has 3 aromatic rings. The summed E-state index contributed by atoms with van der Waals surface area (Å²) in [5.74, 6) is -2.80. The van der Waals surface area contributed by atoms with Crippen LogP contribution >= 0.6 is 0 Å². The van der Waals surface area contributed by atoms with Gasteiger partial charge in [0.15, 0.2) is 0 Å². The van der Waals surface area contributed by atoms with E-state index in [2.05, 4.69) is 20.7 Å². The summed E-state index contributed by atoms with van der Waals surface area (Å²) >= 11 is 0. The van der Waals surface area contributed by atoms with Crippen LogP contribution in [0.4, 0.5) is 17.1 Å². The van der Waals surface area contributed by atoms with Crippen LogP contribution in [0.15, 0.2) is 60.8 Å². The van der Waals surface area contributed by atoms with Gasteiger partial charge in [0.05, 0.1) is 31.3 Å². The third kappa shape index (κ3) is 8.48. The smallest absolute Gasteiger partial charge is 0.328 e. The molecule has 3 amide bonds. The number of carbonyl (C=O) groups excluding carboxylic acids is 5. The van der Waals surface area contributed by atoms with E-state index in [9.17, 15) is 34.1 Å². The summed E-state index contributed by atoms with van der Waals surface area (Å²) in [4.78, 5) is 72.0. The summed E-state index contributed by atoms with van der Waals surface area (Å²) < 4.78 is 10.8. The average molecular weight is 580 g/mol. The lowest BCUT2D eigenvalue weighted by molar-refractivity contribution is -0.384. The van der Waals surface area contributed by atoms with Crippen molar-refractivity contribution < 1.29 is 38.4 Å². The van der Waals surface area contributed by atoms with Gasteiger partial charge in [0.2, 0.25) is 5.91 Å². The fraction of sp³-hybridized carbons (Fsp3) is 0.250. The van der Waals surface area contributed by atoms with Crippen molar-refractivity contribution >= 4 is 46.7 Å². The first-order chi connectivity index (χ1) is 20.0. The van der Waals surface area contributed by atoms with Crippen molar-refractivity contribution in [2.45, 2.75) is 25.3 Å². The number of hydrogen-bond acceptors (Lipinski definition) is 9. The van der Waals surface area contributed by atoms with Gasteiger partial charge in [-0.25, -0.2) is 4.79 Å². The molecule has 3 N–H and O–H groups in total. The molecule has 14 nitrogen and oxygen atoms in total. The molecule has 0 aliphatic rings. The van der Waals surface area contributed by atoms with Gasteiger partial charge >= 0.3 is 11.9 Å². The Morgan fingerprint density at radius 3 is 2.33 bits per heavy atom. The third-order valence-electron chi connectivity index (χ3n) is 6.05. The highest BCUT2D eigenvalue weighted by molar-refractivity contribution is 6.07. The molecule has 0 fully saturated rings. The molecule has 0 aliphatic heterocycles. The van der Waals surface area contributed by atoms with Crippen molar-refractivity contribution in [2.24, 2.45) is 7.05 Å². The molecule has 0 spiro atoms. The van der Waals surface area contributed by atoms with Crippen molar-refractivity contribution in [3.05, 3.63) is 87.7 Å². The third-order valence-corrected chi connectivity index (χ3v) is 6.05. The fourth-order valence-electron chi connectivity index (χ4n) is 3.96. The van der Waals surface area contributed by atoms with Gasteiger partial charge in [-0.1, -0.05) is 18.2 Å². The minimum Gasteiger partial charge on any atom is -0.469 e. The van der Waals surface area contributed by atoms with Crippen molar-refractivity contribution in [1.82, 2.24) is 9.88 Å². The summed E-state index contributed by atoms with van der Waals surface area (Å²) in [5.41, 5.74) is 1.30. The van der Waals surface area contributed by atoms with Crippen LogP contribution in [0.5, 0.6) is 0 Å². The molecule has 0 radical (unpaired) electrons. The number of non-ortho nitro benzene ring substituents is 1.